The van der Waals surface area contributed by atoms with Crippen LogP contribution in [0.1, 0.15) is 30.6 Å². The Labute approximate surface area is 127 Å². The smallest absolute Gasteiger partial charge is 0.311 e. The van der Waals surface area contributed by atoms with Gasteiger partial charge in [-0.3, -0.25) is 9.59 Å². The third kappa shape index (κ3) is 2.75. The fraction of sp³-hybridized carbons (Fsp3) is 0.467. The molecule has 0 aliphatic carbocycles. The molecule has 1 aliphatic rings. The van der Waals surface area contributed by atoms with Gasteiger partial charge in [0, 0.05) is 13.1 Å². The normalized spacial score (nSPS) is 21.9. The number of nitrogens with zero attached hydrogens (tertiary/aromatic N) is 1. The molecule has 114 valence electrons. The first-order valence-corrected chi connectivity index (χ1v) is 7.13. The molecule has 0 saturated carbocycles. The number of carboxylic acid groups (broad SMARTS) is 1. The summed E-state index contributed by atoms with van der Waals surface area (Å²) in [6, 6.07) is 3.58. The van der Waals surface area contributed by atoms with Crippen LogP contribution in [0.3, 0.4) is 0 Å². The molecule has 0 aromatic heterocycles. The summed E-state index contributed by atoms with van der Waals surface area (Å²) in [7, 11) is 0. The van der Waals surface area contributed by atoms with Crippen LogP contribution in [0.2, 0.25) is 5.02 Å². The van der Waals surface area contributed by atoms with Crippen molar-refractivity contribution >= 4 is 23.5 Å². The zero-order valence-corrected chi connectivity index (χ0v) is 12.7. The molecule has 1 aromatic rings. The van der Waals surface area contributed by atoms with Crippen LogP contribution in [0.4, 0.5) is 4.39 Å². The molecule has 21 heavy (non-hydrogen) atoms. The highest BCUT2D eigenvalue weighted by atomic mass is 35.5. The quantitative estimate of drug-likeness (QED) is 0.933. The number of carbonyl (C=O) groups is 2. The first-order chi connectivity index (χ1) is 9.78. The molecular weight excluding hydrogens is 297 g/mol. The van der Waals surface area contributed by atoms with Crippen molar-refractivity contribution in [2.24, 2.45) is 11.3 Å². The summed E-state index contributed by atoms with van der Waals surface area (Å²) < 4.78 is 13.0. The number of likely N-dealkylation sites (tertiary alicyclic amines) is 1. The van der Waals surface area contributed by atoms with E-state index in [2.05, 4.69) is 0 Å². The minimum atomic E-state index is -0.928. The van der Waals surface area contributed by atoms with Crippen LogP contribution in [-0.4, -0.2) is 35.0 Å². The topological polar surface area (TPSA) is 57.6 Å². The van der Waals surface area contributed by atoms with Crippen LogP contribution in [0.5, 0.6) is 0 Å². The number of carboxylic acids is 1. The third-order valence-corrected chi connectivity index (χ3v) is 4.59. The standard InChI is InChI=1S/C15H17ClFNO3/c1-9(2)15(14(20)21)5-6-18(8-15)13(19)11-4-3-10(17)7-12(11)16/h3-4,7,9H,5-6,8H2,1-2H3,(H,20,21). The van der Waals surface area contributed by atoms with Gasteiger partial charge < -0.3 is 10.0 Å². The van der Waals surface area contributed by atoms with Gasteiger partial charge in [-0.1, -0.05) is 25.4 Å². The van der Waals surface area contributed by atoms with E-state index in [1.807, 2.05) is 13.8 Å². The predicted octanol–water partition coefficient (Wildman–Crippen LogP) is 3.05. The van der Waals surface area contributed by atoms with Crippen molar-refractivity contribution in [3.05, 3.63) is 34.6 Å². The molecule has 6 heteroatoms. The first-order valence-electron chi connectivity index (χ1n) is 6.75. The van der Waals surface area contributed by atoms with Crippen molar-refractivity contribution in [2.75, 3.05) is 13.1 Å². The van der Waals surface area contributed by atoms with Crippen LogP contribution in [0, 0.1) is 17.2 Å². The Bertz CT molecular complexity index is 590. The van der Waals surface area contributed by atoms with Gasteiger partial charge in [0.05, 0.1) is 16.0 Å². The van der Waals surface area contributed by atoms with Crippen molar-refractivity contribution in [1.29, 1.82) is 0 Å². The second-order valence-electron chi connectivity index (χ2n) is 5.72. The van der Waals surface area contributed by atoms with E-state index in [1.54, 1.807) is 0 Å². The van der Waals surface area contributed by atoms with Gasteiger partial charge in [-0.15, -0.1) is 0 Å². The summed E-state index contributed by atoms with van der Waals surface area (Å²) in [5.41, 5.74) is -0.731. The number of carbonyl (C=O) groups excluding carboxylic acids is 1. The van der Waals surface area contributed by atoms with Crippen molar-refractivity contribution < 1.29 is 19.1 Å². The molecule has 1 aromatic carbocycles. The lowest BCUT2D eigenvalue weighted by Crippen LogP contribution is -2.40. The SMILES string of the molecule is CC(C)C1(C(=O)O)CCN(C(=O)c2ccc(F)cc2Cl)C1. The van der Waals surface area contributed by atoms with Crippen LogP contribution >= 0.6 is 11.6 Å². The van der Waals surface area contributed by atoms with E-state index >= 15 is 0 Å². The van der Waals surface area contributed by atoms with Crippen molar-refractivity contribution in [3.63, 3.8) is 0 Å². The number of amides is 1. The van der Waals surface area contributed by atoms with Crippen LogP contribution in [0.25, 0.3) is 0 Å². The largest absolute Gasteiger partial charge is 0.481 e. The molecule has 1 saturated heterocycles. The van der Waals surface area contributed by atoms with E-state index in [0.29, 0.717) is 13.0 Å². The van der Waals surface area contributed by atoms with Crippen molar-refractivity contribution in [2.45, 2.75) is 20.3 Å². The summed E-state index contributed by atoms with van der Waals surface area (Å²) in [4.78, 5) is 25.5. The molecule has 0 radical (unpaired) electrons. The Kier molecular flexibility index (Phi) is 4.23. The number of hydrogen-bond acceptors (Lipinski definition) is 2. The van der Waals surface area contributed by atoms with Gasteiger partial charge in [-0.05, 0) is 30.5 Å². The number of hydrogen-bond donors (Lipinski definition) is 1. The van der Waals surface area contributed by atoms with Gasteiger partial charge >= 0.3 is 5.97 Å². The van der Waals surface area contributed by atoms with Gasteiger partial charge in [0.15, 0.2) is 0 Å². The molecule has 1 heterocycles. The predicted molar refractivity (Wildman–Crippen MR) is 76.8 cm³/mol. The highest BCUT2D eigenvalue weighted by Crippen LogP contribution is 2.39. The average molecular weight is 314 g/mol. The Morgan fingerprint density at radius 3 is 2.57 bits per heavy atom. The van der Waals surface area contributed by atoms with Gasteiger partial charge in [-0.2, -0.15) is 0 Å². The molecule has 1 unspecified atom stereocenters. The number of aliphatic carboxylic acids is 1. The molecule has 1 amide bonds. The van der Waals surface area contributed by atoms with Crippen LogP contribution < -0.4 is 0 Å². The number of benzene rings is 1. The second-order valence-corrected chi connectivity index (χ2v) is 6.12. The van der Waals surface area contributed by atoms with Crippen molar-refractivity contribution in [3.8, 4) is 0 Å². The Hall–Kier alpha value is -1.62. The summed E-state index contributed by atoms with van der Waals surface area (Å²) in [6.07, 6.45) is 0.407. The van der Waals surface area contributed by atoms with Gasteiger partial charge in [0.25, 0.3) is 5.91 Å². The van der Waals surface area contributed by atoms with Crippen molar-refractivity contribution in [1.82, 2.24) is 4.90 Å². The molecule has 0 bridgehead atoms. The fourth-order valence-corrected chi connectivity index (χ4v) is 2.98. The lowest BCUT2D eigenvalue weighted by Gasteiger charge is -2.28. The van der Waals surface area contributed by atoms with Crippen LogP contribution in [-0.2, 0) is 4.79 Å². The lowest BCUT2D eigenvalue weighted by molar-refractivity contribution is -0.150. The maximum absolute atomic E-state index is 13.0. The van der Waals surface area contributed by atoms with Crippen LogP contribution in [0.15, 0.2) is 18.2 Å². The third-order valence-electron chi connectivity index (χ3n) is 4.28. The lowest BCUT2D eigenvalue weighted by atomic mass is 9.76. The Morgan fingerprint density at radius 2 is 2.10 bits per heavy atom. The molecule has 1 fully saturated rings. The Morgan fingerprint density at radius 1 is 1.43 bits per heavy atom. The summed E-state index contributed by atoms with van der Waals surface area (Å²) in [5, 5.41) is 9.52. The van der Waals surface area contributed by atoms with Gasteiger partial charge in [0.1, 0.15) is 5.82 Å². The monoisotopic (exact) mass is 313 g/mol. The zero-order valence-electron chi connectivity index (χ0n) is 11.9. The molecular formula is C15H17ClFNO3. The molecule has 2 rings (SSSR count). The second kappa shape index (κ2) is 5.64. The van der Waals surface area contributed by atoms with E-state index in [-0.39, 0.29) is 29.0 Å². The van der Waals surface area contributed by atoms with E-state index in [0.717, 1.165) is 6.07 Å². The van der Waals surface area contributed by atoms with E-state index in [1.165, 1.54) is 17.0 Å². The molecule has 4 nitrogen and oxygen atoms in total. The van der Waals surface area contributed by atoms with Gasteiger partial charge in [0.2, 0.25) is 0 Å². The van der Waals surface area contributed by atoms with E-state index in [9.17, 15) is 19.1 Å². The molecule has 0 spiro atoms. The zero-order chi connectivity index (χ0) is 15.8. The van der Waals surface area contributed by atoms with E-state index < -0.39 is 17.2 Å². The molecule has 1 N–H and O–H groups in total. The fourth-order valence-electron chi connectivity index (χ4n) is 2.73. The number of rotatable bonds is 3. The highest BCUT2D eigenvalue weighted by molar-refractivity contribution is 6.33. The minimum absolute atomic E-state index is 0.0392. The highest BCUT2D eigenvalue weighted by Gasteiger charge is 2.48. The first kappa shape index (κ1) is 15.8. The molecule has 1 aliphatic heterocycles. The minimum Gasteiger partial charge on any atom is -0.481 e. The number of halogens is 2. The Balaban J connectivity index is 2.25. The van der Waals surface area contributed by atoms with Gasteiger partial charge in [-0.25, -0.2) is 4.39 Å². The maximum Gasteiger partial charge on any atom is 0.311 e. The summed E-state index contributed by atoms with van der Waals surface area (Å²) in [5.74, 6) is -1.85. The molecule has 1 atom stereocenters. The average Bonchev–Trinajstić information content (AvgIpc) is 2.84. The van der Waals surface area contributed by atoms with E-state index in [4.69, 9.17) is 11.6 Å². The maximum atomic E-state index is 13.0. The summed E-state index contributed by atoms with van der Waals surface area (Å²) in [6.45, 7) is 4.18. The summed E-state index contributed by atoms with van der Waals surface area (Å²) >= 11 is 5.90.